The molecule has 0 saturated heterocycles. The Morgan fingerprint density at radius 1 is 1.17 bits per heavy atom. The molecule has 0 saturated carbocycles. The van der Waals surface area contributed by atoms with E-state index in [-0.39, 0.29) is 41.8 Å². The van der Waals surface area contributed by atoms with Crippen molar-refractivity contribution in [1.29, 1.82) is 0 Å². The number of pyridine rings is 2. The Morgan fingerprint density at radius 3 is 2.70 bits per heavy atom. The Kier molecular flexibility index (Phi) is 9.87. The lowest BCUT2D eigenvalue weighted by Crippen LogP contribution is -2.42. The fourth-order valence-corrected chi connectivity index (χ4v) is 8.08. The zero-order chi connectivity index (χ0) is 37.7. The van der Waals surface area contributed by atoms with Gasteiger partial charge in [0.2, 0.25) is 11.8 Å². The van der Waals surface area contributed by atoms with Gasteiger partial charge in [-0.2, -0.15) is 5.10 Å². The van der Waals surface area contributed by atoms with Gasteiger partial charge in [-0.05, 0) is 56.0 Å². The number of benzene rings is 1. The molecule has 0 radical (unpaired) electrons. The van der Waals surface area contributed by atoms with E-state index in [4.69, 9.17) is 19.8 Å². The molecule has 3 atom stereocenters. The minimum Gasteiger partial charge on any atom is -0.490 e. The standard InChI is InChI=1S/C39H41F2N7O4S/c1-7-33(50)47-17-21(2)48-31(23(47)4)15-30(44-48)38-36(35-28(41)13-26(40)14-32(35)52-20-22(3)49)39-27(9-11-53-39)37(43-38)24-12-25-18-46(19-34(51)45(5)6)10-8-29(25)42-16-24/h7,9,11-16,21-23,49H,1,8,10,17-20H2,2-6H3/t21-,22+,23+/m0/s1. The molecule has 0 unspecified atom stereocenters. The molecule has 0 aliphatic carbocycles. The van der Waals surface area contributed by atoms with E-state index in [2.05, 4.69) is 11.5 Å². The van der Waals surface area contributed by atoms with Crippen LogP contribution in [-0.2, 0) is 22.6 Å². The highest BCUT2D eigenvalue weighted by atomic mass is 32.1. The molecule has 7 rings (SSSR count). The van der Waals surface area contributed by atoms with Gasteiger partial charge in [0.25, 0.3) is 0 Å². The van der Waals surface area contributed by atoms with Gasteiger partial charge in [0.1, 0.15) is 35.4 Å². The molecule has 2 aliphatic rings. The summed E-state index contributed by atoms with van der Waals surface area (Å²) in [4.78, 5) is 40.8. The fourth-order valence-electron chi connectivity index (χ4n) is 7.13. The van der Waals surface area contributed by atoms with Crippen molar-refractivity contribution in [3.63, 3.8) is 0 Å². The molecular formula is C39H41F2N7O4S. The van der Waals surface area contributed by atoms with Gasteiger partial charge in [0.05, 0.1) is 41.7 Å². The van der Waals surface area contributed by atoms with Gasteiger partial charge in [-0.15, -0.1) is 11.3 Å². The summed E-state index contributed by atoms with van der Waals surface area (Å²) >= 11 is 1.38. The smallest absolute Gasteiger partial charge is 0.246 e. The molecule has 276 valence electrons. The third kappa shape index (κ3) is 6.82. The summed E-state index contributed by atoms with van der Waals surface area (Å²) in [6.07, 6.45) is 2.89. The number of ether oxygens (including phenoxy) is 1. The summed E-state index contributed by atoms with van der Waals surface area (Å²) < 4.78 is 39.4. The van der Waals surface area contributed by atoms with E-state index in [0.717, 1.165) is 40.0 Å². The number of fused-ring (bicyclic) bond motifs is 3. The number of aliphatic hydroxyl groups is 1. The molecule has 6 heterocycles. The second-order valence-electron chi connectivity index (χ2n) is 14.0. The average Bonchev–Trinajstić information content (AvgIpc) is 3.80. The Bertz CT molecular complexity index is 2250. The first-order valence-corrected chi connectivity index (χ1v) is 18.4. The van der Waals surface area contributed by atoms with Crippen molar-refractivity contribution >= 4 is 33.2 Å². The predicted molar refractivity (Wildman–Crippen MR) is 199 cm³/mol. The number of aromatic nitrogens is 4. The SMILES string of the molecule is C=CC(=O)N1C[C@H](C)n2nc(-c3nc(-c4cnc5c(c4)CN(CC(=O)N(C)C)CC5)c4ccsc4c3-c3c(F)cc(F)cc3OC[C@@H](C)O)cc2[C@H]1C. The third-order valence-electron chi connectivity index (χ3n) is 9.85. The third-order valence-corrected chi connectivity index (χ3v) is 10.8. The molecule has 2 amide bonds. The van der Waals surface area contributed by atoms with E-state index in [9.17, 15) is 19.1 Å². The average molecular weight is 742 g/mol. The second-order valence-corrected chi connectivity index (χ2v) is 14.9. The van der Waals surface area contributed by atoms with E-state index in [0.29, 0.717) is 59.9 Å². The quantitative estimate of drug-likeness (QED) is 0.182. The molecular weight excluding hydrogens is 701 g/mol. The molecule has 0 spiro atoms. The number of hydrogen-bond donors (Lipinski definition) is 1. The molecule has 0 bridgehead atoms. The predicted octanol–water partition coefficient (Wildman–Crippen LogP) is 6.02. The molecule has 2 aliphatic heterocycles. The van der Waals surface area contributed by atoms with Crippen LogP contribution in [0.15, 0.2) is 54.6 Å². The van der Waals surface area contributed by atoms with Gasteiger partial charge in [-0.3, -0.25) is 24.2 Å². The van der Waals surface area contributed by atoms with E-state index < -0.39 is 17.7 Å². The van der Waals surface area contributed by atoms with E-state index >= 15 is 4.39 Å². The maximum Gasteiger partial charge on any atom is 0.246 e. The summed E-state index contributed by atoms with van der Waals surface area (Å²) in [7, 11) is 3.49. The molecule has 5 aromatic rings. The lowest BCUT2D eigenvalue weighted by atomic mass is 9.95. The van der Waals surface area contributed by atoms with Crippen LogP contribution in [0.5, 0.6) is 5.75 Å². The normalized spacial score (nSPS) is 17.7. The largest absolute Gasteiger partial charge is 0.490 e. The van der Waals surface area contributed by atoms with Gasteiger partial charge >= 0.3 is 0 Å². The molecule has 0 fully saturated rings. The monoisotopic (exact) mass is 741 g/mol. The minimum atomic E-state index is -0.895. The maximum absolute atomic E-state index is 16.2. The van der Waals surface area contributed by atoms with Gasteiger partial charge < -0.3 is 19.6 Å². The number of halogens is 2. The maximum atomic E-state index is 16.2. The van der Waals surface area contributed by atoms with Crippen LogP contribution in [0, 0.1) is 11.6 Å². The molecule has 53 heavy (non-hydrogen) atoms. The van der Waals surface area contributed by atoms with Crippen molar-refractivity contribution < 1.29 is 28.2 Å². The number of aliphatic hydroxyl groups excluding tert-OH is 1. The van der Waals surface area contributed by atoms with Crippen LogP contribution in [0.2, 0.25) is 0 Å². The highest BCUT2D eigenvalue weighted by Crippen LogP contribution is 2.48. The summed E-state index contributed by atoms with van der Waals surface area (Å²) in [5, 5.41) is 17.7. The van der Waals surface area contributed by atoms with Crippen molar-refractivity contribution in [2.24, 2.45) is 0 Å². The van der Waals surface area contributed by atoms with Gasteiger partial charge in [-0.1, -0.05) is 6.58 Å². The molecule has 1 N–H and O–H groups in total. The minimum absolute atomic E-state index is 0.00570. The second kappa shape index (κ2) is 14.4. The zero-order valence-electron chi connectivity index (χ0n) is 30.3. The van der Waals surface area contributed by atoms with Gasteiger partial charge in [0, 0.05) is 85.4 Å². The fraction of sp³-hybridized carbons (Fsp3) is 0.359. The number of hydrogen-bond acceptors (Lipinski definition) is 9. The zero-order valence-corrected chi connectivity index (χ0v) is 31.1. The molecule has 4 aromatic heterocycles. The first-order valence-electron chi connectivity index (χ1n) is 17.5. The summed E-state index contributed by atoms with van der Waals surface area (Å²) in [6, 6.07) is 7.21. The Morgan fingerprint density at radius 2 is 1.96 bits per heavy atom. The Balaban J connectivity index is 1.44. The molecule has 11 nitrogen and oxygen atoms in total. The highest BCUT2D eigenvalue weighted by molar-refractivity contribution is 7.18. The number of thiophene rings is 1. The first kappa shape index (κ1) is 36.3. The van der Waals surface area contributed by atoms with Crippen LogP contribution in [-0.4, -0.2) is 97.8 Å². The van der Waals surface area contributed by atoms with Crippen molar-refractivity contribution in [2.45, 2.75) is 51.9 Å². The summed E-state index contributed by atoms with van der Waals surface area (Å²) in [5.41, 5.74) is 5.17. The summed E-state index contributed by atoms with van der Waals surface area (Å²) in [6.45, 7) is 10.9. The van der Waals surface area contributed by atoms with Crippen LogP contribution < -0.4 is 4.74 Å². The lowest BCUT2D eigenvalue weighted by molar-refractivity contribution is -0.130. The van der Waals surface area contributed by atoms with Crippen LogP contribution >= 0.6 is 11.3 Å². The van der Waals surface area contributed by atoms with E-state index in [1.165, 1.54) is 24.3 Å². The van der Waals surface area contributed by atoms with Gasteiger partial charge in [-0.25, -0.2) is 13.8 Å². The Labute approximate surface area is 310 Å². The van der Waals surface area contributed by atoms with Crippen molar-refractivity contribution in [3.05, 3.63) is 83.1 Å². The first-order chi connectivity index (χ1) is 25.3. The summed E-state index contributed by atoms with van der Waals surface area (Å²) in [5.74, 6) is -1.93. The van der Waals surface area contributed by atoms with Gasteiger partial charge in [0.15, 0.2) is 0 Å². The number of nitrogens with zero attached hydrogens (tertiary/aromatic N) is 7. The van der Waals surface area contributed by atoms with Crippen LogP contribution in [0.25, 0.3) is 43.9 Å². The van der Waals surface area contributed by atoms with Crippen molar-refractivity contribution in [2.75, 3.05) is 40.3 Å². The van der Waals surface area contributed by atoms with E-state index in [1.54, 1.807) is 30.1 Å². The topological polar surface area (TPSA) is 117 Å². The highest BCUT2D eigenvalue weighted by Gasteiger charge is 2.34. The lowest BCUT2D eigenvalue weighted by Gasteiger charge is -2.36. The number of rotatable bonds is 9. The van der Waals surface area contributed by atoms with Crippen molar-refractivity contribution in [3.8, 4) is 39.5 Å². The van der Waals surface area contributed by atoms with Crippen LogP contribution in [0.1, 0.15) is 49.8 Å². The van der Waals surface area contributed by atoms with Crippen molar-refractivity contribution in [1.82, 2.24) is 34.4 Å². The number of carbonyl (C=O) groups excluding carboxylic acids is 2. The molecule has 1 aromatic carbocycles. The Hall–Kier alpha value is -5.05. The van der Waals surface area contributed by atoms with E-state index in [1.807, 2.05) is 42.1 Å². The van der Waals surface area contributed by atoms with Crippen LogP contribution in [0.3, 0.4) is 0 Å². The molecule has 14 heteroatoms. The number of carbonyl (C=O) groups is 2. The van der Waals surface area contributed by atoms with Crippen LogP contribution in [0.4, 0.5) is 8.78 Å². The number of likely N-dealkylation sites (N-methyl/N-ethyl adjacent to an activating group) is 1. The number of amides is 2.